The van der Waals surface area contributed by atoms with Crippen LogP contribution in [0.2, 0.25) is 0 Å². The minimum atomic E-state index is -3.68. The Balaban J connectivity index is 1.42. The van der Waals surface area contributed by atoms with Gasteiger partial charge in [-0.25, -0.2) is 9.37 Å². The van der Waals surface area contributed by atoms with Crippen molar-refractivity contribution in [1.82, 2.24) is 29.5 Å². The maximum Gasteiger partial charge on any atom is 0.352 e. The second-order valence-corrected chi connectivity index (χ2v) is 9.37. The van der Waals surface area contributed by atoms with Crippen LogP contribution in [0.15, 0.2) is 70.6 Å². The fraction of sp³-hybridized carbons (Fsp3) is 0.222. The number of nitrogens with one attached hydrogen (secondary N) is 1. The molecule has 0 saturated carbocycles. The number of amidine groups is 1. The summed E-state index contributed by atoms with van der Waals surface area (Å²) < 4.78 is 54.2. The fourth-order valence-corrected chi connectivity index (χ4v) is 4.96. The summed E-state index contributed by atoms with van der Waals surface area (Å²) in [6.07, 6.45) is 6.53. The van der Waals surface area contributed by atoms with Crippen molar-refractivity contribution >= 4 is 22.6 Å². The summed E-state index contributed by atoms with van der Waals surface area (Å²) >= 11 is 0. The number of fused-ring (bicyclic) bond motifs is 4. The van der Waals surface area contributed by atoms with Crippen molar-refractivity contribution in [1.29, 1.82) is 0 Å². The number of benzene rings is 1. The van der Waals surface area contributed by atoms with Gasteiger partial charge in [-0.05, 0) is 54.6 Å². The van der Waals surface area contributed by atoms with Gasteiger partial charge < -0.3 is 20.1 Å². The highest BCUT2D eigenvalue weighted by atomic mass is 19.3. The van der Waals surface area contributed by atoms with Gasteiger partial charge in [0.1, 0.15) is 18.3 Å². The topological polar surface area (TPSA) is 125 Å². The van der Waals surface area contributed by atoms with Gasteiger partial charge in [0.15, 0.2) is 17.1 Å². The first kappa shape index (κ1) is 25.3. The van der Waals surface area contributed by atoms with Gasteiger partial charge >= 0.3 is 5.92 Å². The third-order valence-corrected chi connectivity index (χ3v) is 6.89. The summed E-state index contributed by atoms with van der Waals surface area (Å²) in [6.45, 7) is 1.13. The van der Waals surface area contributed by atoms with Gasteiger partial charge in [-0.1, -0.05) is 17.3 Å². The number of halogens is 3. The van der Waals surface area contributed by atoms with E-state index in [9.17, 15) is 4.39 Å². The molecule has 40 heavy (non-hydrogen) atoms. The fourth-order valence-electron chi connectivity index (χ4n) is 4.96. The molecule has 3 N–H and O–H groups in total. The van der Waals surface area contributed by atoms with Crippen LogP contribution in [0.4, 0.5) is 19.0 Å². The summed E-state index contributed by atoms with van der Waals surface area (Å²) in [5, 5.41) is 14.8. The number of anilines is 1. The molecule has 5 aromatic rings. The molecule has 4 aromatic heterocycles. The number of aliphatic imine (C=N–C) groups is 1. The maximum atomic E-state index is 15.9. The SMILES string of the molecule is CN=C(C=CN)Nc1cc(-c2cc3n(c2)C[C@H](CF)n2c-3nnc2C(F)(F)c2noc3ccccc23)c(C)cn1. The van der Waals surface area contributed by atoms with Gasteiger partial charge in [-0.3, -0.25) is 9.56 Å². The zero-order chi connectivity index (χ0) is 28.0. The smallest absolute Gasteiger partial charge is 0.352 e. The molecule has 0 unspecified atom stereocenters. The maximum absolute atomic E-state index is 15.9. The van der Waals surface area contributed by atoms with Crippen LogP contribution < -0.4 is 11.1 Å². The molecule has 0 bridgehead atoms. The first-order chi connectivity index (χ1) is 19.3. The van der Waals surface area contributed by atoms with E-state index in [1.165, 1.54) is 16.8 Å². The largest absolute Gasteiger partial charge is 0.404 e. The molecule has 0 spiro atoms. The van der Waals surface area contributed by atoms with Crippen LogP contribution in [0.1, 0.15) is 23.1 Å². The Bertz CT molecular complexity index is 1780. The first-order valence-electron chi connectivity index (χ1n) is 12.4. The quantitative estimate of drug-likeness (QED) is 0.230. The Morgan fingerprint density at radius 2 is 2.10 bits per heavy atom. The van der Waals surface area contributed by atoms with Crippen LogP contribution in [-0.2, 0) is 12.5 Å². The first-order valence-corrected chi connectivity index (χ1v) is 12.4. The Morgan fingerprint density at radius 3 is 2.88 bits per heavy atom. The molecule has 0 saturated heterocycles. The molecule has 0 radical (unpaired) electrons. The van der Waals surface area contributed by atoms with Gasteiger partial charge in [0, 0.05) is 31.5 Å². The standard InChI is InChI=1S/C27H24F3N9O/c1-15-12-33-23(34-22(32-2)7-8-31)10-19(15)16-9-20-25-35-36-26(39(25)17(11-28)14-38(20)13-16)27(29,30)24-18-5-3-4-6-21(18)40-37-24/h3-10,12-13,17H,11,14,31H2,1-2H3,(H,32,33,34)/t17-/m0/s1. The normalized spacial score (nSPS) is 15.5. The average molecular weight is 548 g/mol. The predicted molar refractivity (Wildman–Crippen MR) is 144 cm³/mol. The lowest BCUT2D eigenvalue weighted by molar-refractivity contribution is 0.0196. The number of hydrogen-bond donors (Lipinski definition) is 2. The van der Waals surface area contributed by atoms with Crippen molar-refractivity contribution in [2.24, 2.45) is 10.7 Å². The van der Waals surface area contributed by atoms with Crippen molar-refractivity contribution in [2.45, 2.75) is 25.4 Å². The highest BCUT2D eigenvalue weighted by molar-refractivity contribution is 6.03. The number of nitrogens with two attached hydrogens (primary N) is 1. The molecule has 13 heteroatoms. The Hall–Kier alpha value is -4.94. The van der Waals surface area contributed by atoms with E-state index in [0.717, 1.165) is 16.7 Å². The molecule has 1 aromatic carbocycles. The van der Waals surface area contributed by atoms with Crippen LogP contribution >= 0.6 is 0 Å². The third-order valence-electron chi connectivity index (χ3n) is 6.89. The molecular weight excluding hydrogens is 523 g/mol. The van der Waals surface area contributed by atoms with Gasteiger partial charge in [0.25, 0.3) is 0 Å². The summed E-state index contributed by atoms with van der Waals surface area (Å²) in [4.78, 5) is 8.53. The third kappa shape index (κ3) is 4.01. The van der Waals surface area contributed by atoms with Crippen LogP contribution in [0.5, 0.6) is 0 Å². The number of para-hydroxylation sites is 1. The van der Waals surface area contributed by atoms with E-state index in [4.69, 9.17) is 10.3 Å². The Kier molecular flexibility index (Phi) is 6.12. The second-order valence-electron chi connectivity index (χ2n) is 9.37. The number of aromatic nitrogens is 6. The van der Waals surface area contributed by atoms with Crippen molar-refractivity contribution in [3.05, 3.63) is 78.1 Å². The van der Waals surface area contributed by atoms with Crippen LogP contribution in [0.3, 0.4) is 0 Å². The predicted octanol–water partition coefficient (Wildman–Crippen LogP) is 4.84. The van der Waals surface area contributed by atoms with Crippen LogP contribution in [-0.4, -0.2) is 49.0 Å². The summed E-state index contributed by atoms with van der Waals surface area (Å²) in [7, 11) is 1.62. The van der Waals surface area contributed by atoms with Gasteiger partial charge in [-0.15, -0.1) is 10.2 Å². The molecule has 0 aliphatic carbocycles. The van der Waals surface area contributed by atoms with Crippen LogP contribution in [0, 0.1) is 6.92 Å². The minimum Gasteiger partial charge on any atom is -0.404 e. The monoisotopic (exact) mass is 547 g/mol. The lowest BCUT2D eigenvalue weighted by atomic mass is 10.1. The van der Waals surface area contributed by atoms with Crippen molar-refractivity contribution in [3.8, 4) is 22.6 Å². The molecular formula is C27H24F3N9O. The van der Waals surface area contributed by atoms with Gasteiger partial charge in [-0.2, -0.15) is 8.78 Å². The molecule has 6 rings (SSSR count). The molecule has 1 atom stereocenters. The Morgan fingerprint density at radius 1 is 1.27 bits per heavy atom. The molecule has 10 nitrogen and oxygen atoms in total. The number of pyridine rings is 1. The summed E-state index contributed by atoms with van der Waals surface area (Å²) in [5.74, 6) is -3.17. The lowest BCUT2D eigenvalue weighted by Gasteiger charge is -2.27. The van der Waals surface area contributed by atoms with Crippen molar-refractivity contribution in [2.75, 3.05) is 19.0 Å². The summed E-state index contributed by atoms with van der Waals surface area (Å²) in [6, 6.07) is 9.04. The molecule has 5 heterocycles. The molecule has 204 valence electrons. The highest BCUT2D eigenvalue weighted by Crippen LogP contribution is 2.43. The van der Waals surface area contributed by atoms with Crippen LogP contribution in [0.25, 0.3) is 33.6 Å². The van der Waals surface area contributed by atoms with E-state index in [-0.39, 0.29) is 23.3 Å². The van der Waals surface area contributed by atoms with Crippen molar-refractivity contribution in [3.63, 3.8) is 0 Å². The second kappa shape index (κ2) is 9.67. The van der Waals surface area contributed by atoms with Gasteiger partial charge in [0.2, 0.25) is 5.82 Å². The van der Waals surface area contributed by atoms with E-state index in [0.29, 0.717) is 17.3 Å². The van der Waals surface area contributed by atoms with E-state index in [2.05, 4.69) is 30.6 Å². The molecule has 0 fully saturated rings. The molecule has 0 amide bonds. The van der Waals surface area contributed by atoms with E-state index < -0.39 is 30.2 Å². The van der Waals surface area contributed by atoms with E-state index in [1.807, 2.05) is 25.3 Å². The zero-order valence-corrected chi connectivity index (χ0v) is 21.5. The number of aryl methyl sites for hydroxylation is 1. The van der Waals surface area contributed by atoms with Gasteiger partial charge in [0.05, 0.1) is 17.1 Å². The molecule has 1 aliphatic heterocycles. The number of rotatable bonds is 6. The zero-order valence-electron chi connectivity index (χ0n) is 21.5. The van der Waals surface area contributed by atoms with Crippen molar-refractivity contribution < 1.29 is 17.7 Å². The number of nitrogens with zero attached hydrogens (tertiary/aromatic N) is 7. The summed E-state index contributed by atoms with van der Waals surface area (Å²) in [5.41, 5.74) is 8.15. The number of hydrogen-bond acceptors (Lipinski definition) is 7. The average Bonchev–Trinajstić information content (AvgIpc) is 3.70. The highest BCUT2D eigenvalue weighted by Gasteiger charge is 2.47. The van der Waals surface area contributed by atoms with E-state index >= 15 is 8.78 Å². The van der Waals surface area contributed by atoms with E-state index in [1.54, 1.807) is 42.1 Å². The Labute approximate surface area is 226 Å². The molecule has 1 aliphatic rings. The minimum absolute atomic E-state index is 0.114. The number of alkyl halides is 3. The lowest BCUT2D eigenvalue weighted by Crippen LogP contribution is -2.30.